The van der Waals surface area contributed by atoms with Crippen LogP contribution >= 0.6 is 0 Å². The molecule has 43 heavy (non-hydrogen) atoms. The Morgan fingerprint density at radius 2 is 1.49 bits per heavy atom. The number of piperidine rings is 1. The molecule has 1 saturated heterocycles. The van der Waals surface area contributed by atoms with E-state index in [1.807, 2.05) is 6.07 Å². The lowest BCUT2D eigenvalue weighted by atomic mass is 9.75. The fourth-order valence-electron chi connectivity index (χ4n) is 7.28. The van der Waals surface area contributed by atoms with E-state index in [4.69, 9.17) is 14.2 Å². The second-order valence-corrected chi connectivity index (χ2v) is 12.1. The highest BCUT2D eigenvalue weighted by atomic mass is 16.7. The van der Waals surface area contributed by atoms with Gasteiger partial charge in [0.2, 0.25) is 0 Å². The lowest BCUT2D eigenvalue weighted by molar-refractivity contribution is -0.141. The van der Waals surface area contributed by atoms with Crippen LogP contribution in [0.3, 0.4) is 0 Å². The second kappa shape index (κ2) is 12.4. The first-order chi connectivity index (χ1) is 21.2. The zero-order valence-electron chi connectivity index (χ0n) is 25.4. The van der Waals surface area contributed by atoms with E-state index in [0.717, 1.165) is 44.5 Å². The lowest BCUT2D eigenvalue weighted by Crippen LogP contribution is -2.39. The van der Waals surface area contributed by atoms with Crippen molar-refractivity contribution in [1.29, 1.82) is 0 Å². The Hall–Kier alpha value is -3.86. The average molecular weight is 572 g/mol. The Kier molecular flexibility index (Phi) is 8.06. The molecule has 0 aromatic heterocycles. The van der Waals surface area contributed by atoms with Crippen molar-refractivity contribution >= 4 is 16.8 Å². The van der Waals surface area contributed by atoms with Crippen molar-refractivity contribution in [1.82, 2.24) is 0 Å². The van der Waals surface area contributed by atoms with Gasteiger partial charge in [0.1, 0.15) is 12.4 Å². The summed E-state index contributed by atoms with van der Waals surface area (Å²) in [6.07, 6.45) is 6.48. The standard InChI is InChI=1S/C39H41NO3/c1-41-39(42-2)30-21-23-40(24-22-30)32-15-11-29(12-16-32)38-35-20-17-33(43-26-27-7-4-3-5-8-27)25-31(35)14-19-37(38)36-10-6-9-28-13-18-34(28)36/h3-12,15-17,20,25,30,39H,13-14,18-19,21-24,26H2,1-2H3. The molecule has 0 radical (unpaired) electrons. The molecule has 0 saturated carbocycles. The van der Waals surface area contributed by atoms with Crippen molar-refractivity contribution in [3.05, 3.63) is 130 Å². The number of hydrogen-bond acceptors (Lipinski definition) is 4. The number of benzene rings is 4. The van der Waals surface area contributed by atoms with Gasteiger partial charge in [0.15, 0.2) is 6.29 Å². The maximum absolute atomic E-state index is 6.24. The van der Waals surface area contributed by atoms with E-state index in [1.165, 1.54) is 63.1 Å². The molecule has 0 atom stereocenters. The van der Waals surface area contributed by atoms with Crippen molar-refractivity contribution in [2.75, 3.05) is 32.2 Å². The molecule has 4 nitrogen and oxygen atoms in total. The van der Waals surface area contributed by atoms with Crippen LogP contribution in [0, 0.1) is 5.92 Å². The number of fused-ring (bicyclic) bond motifs is 2. The minimum absolute atomic E-state index is 0.110. The van der Waals surface area contributed by atoms with Crippen molar-refractivity contribution in [2.45, 2.75) is 51.4 Å². The van der Waals surface area contributed by atoms with Crippen LogP contribution in [0.25, 0.3) is 11.1 Å². The third kappa shape index (κ3) is 5.62. The SMILES string of the molecule is COC(OC)C1CCN(c2ccc(C3=C(c4cccc5c4CC5)CCc4cc(OCc5ccccc5)ccc43)cc2)CC1. The molecule has 2 aliphatic carbocycles. The van der Waals surface area contributed by atoms with Gasteiger partial charge in [-0.15, -0.1) is 0 Å². The smallest absolute Gasteiger partial charge is 0.159 e. The van der Waals surface area contributed by atoms with E-state index < -0.39 is 0 Å². The highest BCUT2D eigenvalue weighted by Gasteiger charge is 2.28. The molecule has 0 spiro atoms. The molecule has 0 bridgehead atoms. The Bertz CT molecular complexity index is 1600. The Labute approximate surface area is 255 Å². The summed E-state index contributed by atoms with van der Waals surface area (Å²) in [5, 5.41) is 0. The van der Waals surface area contributed by atoms with Crippen LogP contribution < -0.4 is 9.64 Å². The van der Waals surface area contributed by atoms with Gasteiger partial charge >= 0.3 is 0 Å². The zero-order chi connectivity index (χ0) is 29.2. The molecule has 0 amide bonds. The molecule has 1 heterocycles. The average Bonchev–Trinajstić information content (AvgIpc) is 3.05. The maximum Gasteiger partial charge on any atom is 0.159 e. The van der Waals surface area contributed by atoms with Crippen LogP contribution in [-0.2, 0) is 35.3 Å². The van der Waals surface area contributed by atoms with Crippen LogP contribution in [0.15, 0.2) is 91.0 Å². The molecule has 220 valence electrons. The normalized spacial score (nSPS) is 16.6. The van der Waals surface area contributed by atoms with Crippen LogP contribution in [0.1, 0.15) is 58.2 Å². The van der Waals surface area contributed by atoms with Crippen LogP contribution in [-0.4, -0.2) is 33.6 Å². The number of methoxy groups -OCH3 is 2. The highest BCUT2D eigenvalue weighted by Crippen LogP contribution is 2.45. The summed E-state index contributed by atoms with van der Waals surface area (Å²) in [5.41, 5.74) is 13.9. The van der Waals surface area contributed by atoms with E-state index in [2.05, 4.69) is 89.8 Å². The first kappa shape index (κ1) is 27.9. The summed E-state index contributed by atoms with van der Waals surface area (Å²) < 4.78 is 17.3. The first-order valence-electron chi connectivity index (χ1n) is 15.8. The topological polar surface area (TPSA) is 30.9 Å². The van der Waals surface area contributed by atoms with Crippen LogP contribution in [0.5, 0.6) is 5.75 Å². The number of aryl methyl sites for hydroxylation is 2. The summed E-state index contributed by atoms with van der Waals surface area (Å²) in [5.74, 6) is 1.39. The number of anilines is 1. The molecule has 0 N–H and O–H groups in total. The molecule has 4 aromatic rings. The Morgan fingerprint density at radius 3 is 2.21 bits per heavy atom. The van der Waals surface area contributed by atoms with Gasteiger partial charge in [-0.05, 0) is 113 Å². The van der Waals surface area contributed by atoms with E-state index in [1.54, 1.807) is 19.8 Å². The number of allylic oxidation sites excluding steroid dienone is 1. The maximum atomic E-state index is 6.24. The van der Waals surface area contributed by atoms with Crippen LogP contribution in [0.4, 0.5) is 5.69 Å². The van der Waals surface area contributed by atoms with Crippen molar-refractivity contribution < 1.29 is 14.2 Å². The predicted octanol–water partition coefficient (Wildman–Crippen LogP) is 8.10. The monoisotopic (exact) mass is 571 g/mol. The first-order valence-corrected chi connectivity index (χ1v) is 15.8. The largest absolute Gasteiger partial charge is 0.489 e. The lowest BCUT2D eigenvalue weighted by Gasteiger charge is -2.36. The van der Waals surface area contributed by atoms with Crippen molar-refractivity contribution in [2.24, 2.45) is 5.92 Å². The molecular weight excluding hydrogens is 530 g/mol. The Morgan fingerprint density at radius 1 is 0.721 bits per heavy atom. The van der Waals surface area contributed by atoms with Gasteiger partial charge in [-0.1, -0.05) is 66.7 Å². The molecule has 4 aromatic carbocycles. The quantitative estimate of drug-likeness (QED) is 0.190. The number of ether oxygens (including phenoxy) is 3. The summed E-state index contributed by atoms with van der Waals surface area (Å²) in [6, 6.07) is 33.3. The molecule has 1 fully saturated rings. The fourth-order valence-corrected chi connectivity index (χ4v) is 7.28. The van der Waals surface area contributed by atoms with Crippen molar-refractivity contribution in [3.63, 3.8) is 0 Å². The highest BCUT2D eigenvalue weighted by molar-refractivity contribution is 6.01. The van der Waals surface area contributed by atoms with E-state index >= 15 is 0 Å². The van der Waals surface area contributed by atoms with Gasteiger partial charge in [-0.25, -0.2) is 0 Å². The molecule has 0 unspecified atom stereocenters. The number of rotatable bonds is 9. The van der Waals surface area contributed by atoms with Gasteiger partial charge in [-0.2, -0.15) is 0 Å². The van der Waals surface area contributed by atoms with Crippen molar-refractivity contribution in [3.8, 4) is 5.75 Å². The van der Waals surface area contributed by atoms with E-state index in [9.17, 15) is 0 Å². The summed E-state index contributed by atoms with van der Waals surface area (Å²) in [7, 11) is 3.48. The molecule has 4 heteroatoms. The molecule has 7 rings (SSSR count). The fraction of sp³-hybridized carbons (Fsp3) is 0.333. The third-order valence-corrected chi connectivity index (χ3v) is 9.69. The predicted molar refractivity (Wildman–Crippen MR) is 174 cm³/mol. The summed E-state index contributed by atoms with van der Waals surface area (Å²) >= 11 is 0. The van der Waals surface area contributed by atoms with Gasteiger partial charge in [0.05, 0.1) is 0 Å². The second-order valence-electron chi connectivity index (χ2n) is 12.1. The van der Waals surface area contributed by atoms with Gasteiger partial charge in [0, 0.05) is 38.9 Å². The summed E-state index contributed by atoms with van der Waals surface area (Å²) in [4.78, 5) is 2.50. The van der Waals surface area contributed by atoms with E-state index in [-0.39, 0.29) is 6.29 Å². The zero-order valence-corrected chi connectivity index (χ0v) is 25.4. The molecule has 3 aliphatic rings. The Balaban J connectivity index is 1.19. The molecule has 1 aliphatic heterocycles. The number of nitrogens with zero attached hydrogens (tertiary/aromatic N) is 1. The minimum Gasteiger partial charge on any atom is -0.489 e. The van der Waals surface area contributed by atoms with Gasteiger partial charge in [-0.3, -0.25) is 0 Å². The van der Waals surface area contributed by atoms with Gasteiger partial charge in [0.25, 0.3) is 0 Å². The number of hydrogen-bond donors (Lipinski definition) is 0. The summed E-state index contributed by atoms with van der Waals surface area (Å²) in [6.45, 7) is 2.62. The third-order valence-electron chi connectivity index (χ3n) is 9.69. The van der Waals surface area contributed by atoms with Crippen LogP contribution in [0.2, 0.25) is 0 Å². The molecular formula is C39H41NO3. The van der Waals surface area contributed by atoms with Gasteiger partial charge < -0.3 is 19.1 Å². The van der Waals surface area contributed by atoms with E-state index in [0.29, 0.717) is 12.5 Å². The minimum atomic E-state index is -0.110.